The Balaban J connectivity index is 1.61. The van der Waals surface area contributed by atoms with E-state index in [-0.39, 0.29) is 23.7 Å². The molecule has 2 amide bonds. The van der Waals surface area contributed by atoms with Crippen molar-refractivity contribution in [3.8, 4) is 11.5 Å². The van der Waals surface area contributed by atoms with Crippen LogP contribution in [-0.4, -0.2) is 86.0 Å². The number of fused-ring (bicyclic) bond motifs is 3. The van der Waals surface area contributed by atoms with Crippen LogP contribution in [0, 0.1) is 17.0 Å². The van der Waals surface area contributed by atoms with Crippen LogP contribution in [0.3, 0.4) is 0 Å². The predicted molar refractivity (Wildman–Crippen MR) is 153 cm³/mol. The molecule has 11 nitrogen and oxygen atoms in total. The van der Waals surface area contributed by atoms with Crippen LogP contribution in [0.1, 0.15) is 18.2 Å². The number of piperazine rings is 1. The Hall–Kier alpha value is -4.23. The van der Waals surface area contributed by atoms with Gasteiger partial charge in [-0.2, -0.15) is 0 Å². The number of rotatable bonds is 9. The van der Waals surface area contributed by atoms with E-state index < -0.39 is 23.4 Å². The molecule has 1 aromatic carbocycles. The molecule has 0 spiro atoms. The highest BCUT2D eigenvalue weighted by Gasteiger charge is 2.39. The third kappa shape index (κ3) is 5.06. The highest BCUT2D eigenvalue weighted by atomic mass is 19.1. The Morgan fingerprint density at radius 3 is 2.34 bits per heavy atom. The quantitative estimate of drug-likeness (QED) is 0.338. The smallest absolute Gasteiger partial charge is 0.334 e. The minimum Gasteiger partial charge on any atom is -0.493 e. The molecule has 4 heterocycles. The Morgan fingerprint density at radius 2 is 1.76 bits per heavy atom. The second-order valence-corrected chi connectivity index (χ2v) is 9.86. The molecule has 2 aliphatic heterocycles. The maximum atomic E-state index is 15.5. The van der Waals surface area contributed by atoms with E-state index in [4.69, 9.17) is 14.9 Å². The largest absolute Gasteiger partial charge is 0.493 e. The number of methoxy groups -OCH3 is 2. The number of ether oxygens (including phenoxy) is 2. The summed E-state index contributed by atoms with van der Waals surface area (Å²) >= 11 is 0. The van der Waals surface area contributed by atoms with Crippen LogP contribution in [0.4, 0.5) is 25.0 Å². The zero-order valence-corrected chi connectivity index (χ0v) is 23.6. The van der Waals surface area contributed by atoms with E-state index >= 15 is 8.78 Å². The zero-order valence-electron chi connectivity index (χ0n) is 23.6. The molecule has 218 valence electrons. The van der Waals surface area contributed by atoms with Crippen LogP contribution in [-0.2, 0) is 13.1 Å². The molecule has 0 unspecified atom stereocenters. The van der Waals surface area contributed by atoms with Crippen molar-refractivity contribution in [3.63, 3.8) is 0 Å². The number of likely N-dealkylation sites (N-methyl/N-ethyl adjacent to an activating group) is 1. The first kappa shape index (κ1) is 28.3. The van der Waals surface area contributed by atoms with E-state index in [2.05, 4.69) is 32.0 Å². The van der Waals surface area contributed by atoms with Gasteiger partial charge in [0.05, 0.1) is 32.1 Å². The van der Waals surface area contributed by atoms with Crippen molar-refractivity contribution in [1.29, 1.82) is 5.41 Å². The number of H-pyrrole nitrogens is 1. The molecule has 1 saturated heterocycles. The normalized spacial score (nSPS) is 16.7. The number of nitrogens with zero attached hydrogens (tertiary/aromatic N) is 5. The van der Waals surface area contributed by atoms with Crippen molar-refractivity contribution in [2.75, 3.05) is 63.8 Å². The number of allylic oxidation sites excluding steroid dienone is 1. The van der Waals surface area contributed by atoms with Gasteiger partial charge in [0.2, 0.25) is 0 Å². The number of benzene rings is 1. The summed E-state index contributed by atoms with van der Waals surface area (Å²) in [4.78, 5) is 29.1. The van der Waals surface area contributed by atoms with Gasteiger partial charge in [0, 0.05) is 81.1 Å². The second kappa shape index (κ2) is 11.7. The van der Waals surface area contributed by atoms with Crippen LogP contribution in [0.5, 0.6) is 11.5 Å². The molecular weight excluding hydrogens is 534 g/mol. The Labute approximate surface area is 236 Å². The summed E-state index contributed by atoms with van der Waals surface area (Å²) in [5, 5.41) is 11.6. The first-order valence-corrected chi connectivity index (χ1v) is 13.4. The summed E-state index contributed by atoms with van der Waals surface area (Å²) in [5.74, 6) is -2.63. The number of urea groups is 1. The number of anilines is 2. The van der Waals surface area contributed by atoms with Gasteiger partial charge in [-0.1, -0.05) is 6.92 Å². The molecule has 13 heteroatoms. The Kier molecular flexibility index (Phi) is 8.08. The van der Waals surface area contributed by atoms with Crippen LogP contribution in [0.15, 0.2) is 30.2 Å². The van der Waals surface area contributed by atoms with E-state index in [9.17, 15) is 4.79 Å². The van der Waals surface area contributed by atoms with Crippen molar-refractivity contribution in [2.24, 2.45) is 0 Å². The number of pyridine rings is 1. The van der Waals surface area contributed by atoms with Gasteiger partial charge in [0.15, 0.2) is 23.1 Å². The fourth-order valence-electron chi connectivity index (χ4n) is 5.42. The average molecular weight is 569 g/mol. The first-order chi connectivity index (χ1) is 19.8. The Morgan fingerprint density at radius 1 is 1.10 bits per heavy atom. The molecule has 3 aromatic rings. The number of amides is 2. The third-order valence-electron chi connectivity index (χ3n) is 7.56. The molecular formula is C28H34F2N8O3. The lowest BCUT2D eigenvalue weighted by Crippen LogP contribution is -2.48. The van der Waals surface area contributed by atoms with Crippen molar-refractivity contribution in [1.82, 2.24) is 25.1 Å². The molecule has 0 saturated carbocycles. The van der Waals surface area contributed by atoms with Crippen molar-refractivity contribution < 1.29 is 23.0 Å². The van der Waals surface area contributed by atoms with Crippen molar-refractivity contribution >= 4 is 34.7 Å². The first-order valence-electron chi connectivity index (χ1n) is 13.4. The van der Waals surface area contributed by atoms with Crippen molar-refractivity contribution in [2.45, 2.75) is 20.0 Å². The lowest BCUT2D eigenvalue weighted by atomic mass is 10.1. The van der Waals surface area contributed by atoms with Gasteiger partial charge in [-0.3, -0.25) is 14.7 Å². The summed E-state index contributed by atoms with van der Waals surface area (Å²) < 4.78 is 41.3. The minimum absolute atomic E-state index is 0.165. The van der Waals surface area contributed by atoms with E-state index in [1.54, 1.807) is 13.2 Å². The lowest BCUT2D eigenvalue weighted by Gasteiger charge is -2.37. The molecule has 1 fully saturated rings. The van der Waals surface area contributed by atoms with Gasteiger partial charge in [-0.15, -0.1) is 0 Å². The summed E-state index contributed by atoms with van der Waals surface area (Å²) in [5.41, 5.74) is 2.11. The number of aromatic nitrogens is 2. The highest BCUT2D eigenvalue weighted by molar-refractivity contribution is 6.16. The van der Waals surface area contributed by atoms with E-state index in [1.165, 1.54) is 25.3 Å². The van der Waals surface area contributed by atoms with Crippen LogP contribution in [0.25, 0.3) is 11.0 Å². The summed E-state index contributed by atoms with van der Waals surface area (Å²) in [7, 11) is 4.13. The number of hydrogen-bond acceptors (Lipinski definition) is 8. The number of halogens is 2. The van der Waals surface area contributed by atoms with Crippen molar-refractivity contribution in [3.05, 3.63) is 53.1 Å². The molecule has 2 aliphatic rings. The summed E-state index contributed by atoms with van der Waals surface area (Å²) in [6, 6.07) is 2.30. The van der Waals surface area contributed by atoms with Gasteiger partial charge < -0.3 is 30.1 Å². The molecule has 0 atom stereocenters. The molecule has 41 heavy (non-hydrogen) atoms. The predicted octanol–water partition coefficient (Wildman–Crippen LogP) is 3.65. The minimum atomic E-state index is -1.04. The SMILES string of the molecule is CCN1CCN(Cc2cc3c4c(cnc3[nH]2)CN(c2c(F)c(OC)cc(OC)c2F)C(=O)N4/C(C=N)=C/NC)CC1. The standard InChI is InChI=1S/C28H34F2N8O3/c1-5-35-6-8-36(9-7-35)16-18-10-20-25-17(13-33-27(20)34-18)15-37(28(39)38(25)19(12-31)14-32-2)26-23(29)21(40-3)11-22(41-4)24(26)30/h10-14,31-32H,5-9,15-16H2,1-4H3,(H,33,34)/b19-14+,31-12?. The monoisotopic (exact) mass is 568 g/mol. The number of hydrogen-bond donors (Lipinski definition) is 3. The average Bonchev–Trinajstić information content (AvgIpc) is 3.40. The number of aromatic amines is 1. The van der Waals surface area contributed by atoms with Gasteiger partial charge in [0.1, 0.15) is 11.3 Å². The number of carbonyl (C=O) groups is 1. The van der Waals surface area contributed by atoms with Gasteiger partial charge in [0.25, 0.3) is 0 Å². The number of nitrogens with one attached hydrogen (secondary N) is 3. The van der Waals surface area contributed by atoms with E-state index in [0.29, 0.717) is 28.8 Å². The fraction of sp³-hybridized carbons (Fsp3) is 0.393. The van der Waals surface area contributed by atoms with Gasteiger partial charge in [-0.05, 0) is 12.6 Å². The van der Waals surface area contributed by atoms with Crippen LogP contribution < -0.4 is 24.6 Å². The lowest BCUT2D eigenvalue weighted by molar-refractivity contribution is 0.131. The molecule has 0 aliphatic carbocycles. The fourth-order valence-corrected chi connectivity index (χ4v) is 5.42. The van der Waals surface area contributed by atoms with Crippen LogP contribution in [0.2, 0.25) is 0 Å². The second-order valence-electron chi connectivity index (χ2n) is 9.86. The third-order valence-corrected chi connectivity index (χ3v) is 7.56. The number of carbonyl (C=O) groups excluding carboxylic acids is 1. The molecule has 2 aromatic heterocycles. The maximum absolute atomic E-state index is 15.5. The molecule has 0 radical (unpaired) electrons. The molecule has 5 rings (SSSR count). The van der Waals surface area contributed by atoms with E-state index in [1.807, 2.05) is 6.07 Å². The maximum Gasteiger partial charge on any atom is 0.334 e. The van der Waals surface area contributed by atoms with Gasteiger partial charge >= 0.3 is 6.03 Å². The molecule has 0 bridgehead atoms. The topological polar surface area (TPSA) is 113 Å². The van der Waals surface area contributed by atoms with Crippen LogP contribution >= 0.6 is 0 Å². The Bertz CT molecular complexity index is 1470. The molecule has 3 N–H and O–H groups in total. The zero-order chi connectivity index (χ0) is 29.3. The van der Waals surface area contributed by atoms with E-state index in [0.717, 1.165) is 55.6 Å². The summed E-state index contributed by atoms with van der Waals surface area (Å²) in [6.45, 7) is 7.60. The summed E-state index contributed by atoms with van der Waals surface area (Å²) in [6.07, 6.45) is 4.07. The van der Waals surface area contributed by atoms with Gasteiger partial charge in [-0.25, -0.2) is 18.6 Å². The highest BCUT2D eigenvalue weighted by Crippen LogP contribution is 2.43.